The Morgan fingerprint density at radius 2 is 1.75 bits per heavy atom. The van der Waals surface area contributed by atoms with E-state index in [-0.39, 0.29) is 24.3 Å². The van der Waals surface area contributed by atoms with Crippen molar-refractivity contribution in [3.05, 3.63) is 88.4 Å². The summed E-state index contributed by atoms with van der Waals surface area (Å²) < 4.78 is 78.2. The lowest BCUT2D eigenvalue weighted by Crippen LogP contribution is -2.30. The number of aromatic nitrogens is 1. The van der Waals surface area contributed by atoms with Gasteiger partial charge in [-0.1, -0.05) is 42.0 Å². The number of hydrogen-bond donors (Lipinski definition) is 3. The van der Waals surface area contributed by atoms with Gasteiger partial charge in [-0.15, -0.1) is 0 Å². The number of aryl methyl sites for hydroxylation is 1. The van der Waals surface area contributed by atoms with Crippen LogP contribution in [-0.2, 0) is 34.3 Å². The predicted molar refractivity (Wildman–Crippen MR) is 126 cm³/mol. The molecule has 0 aliphatic carbocycles. The Hall–Kier alpha value is -3.35. The molecule has 0 bridgehead atoms. The zero-order valence-corrected chi connectivity index (χ0v) is 20.2. The molecule has 0 unspecified atom stereocenters. The maximum absolute atomic E-state index is 14.4. The van der Waals surface area contributed by atoms with Gasteiger partial charge in [-0.2, -0.15) is 26.3 Å². The average molecular weight is 525 g/mol. The Morgan fingerprint density at radius 1 is 1.06 bits per heavy atom. The molecule has 0 saturated heterocycles. The summed E-state index contributed by atoms with van der Waals surface area (Å²) in [5.74, 6) is -2.01. The molecule has 0 aliphatic heterocycles. The number of alkyl halides is 3. The fourth-order valence-electron chi connectivity index (χ4n) is 3.47. The van der Waals surface area contributed by atoms with Crippen molar-refractivity contribution in [3.63, 3.8) is 0 Å². The smallest absolute Gasteiger partial charge is 0.351 e. The lowest BCUT2D eigenvalue weighted by molar-refractivity contribution is -0.141. The number of nitrogens with two attached hydrogens (primary N) is 1. The first-order chi connectivity index (χ1) is 16.7. The van der Waals surface area contributed by atoms with Crippen molar-refractivity contribution in [2.75, 3.05) is 0 Å². The van der Waals surface area contributed by atoms with Gasteiger partial charge < -0.3 is 5.32 Å². The SMILES string of the molecule is Cc1cccc(-c2nc(C(F)(F)F)ccc2CNC(=O)[C@@H](C)c2ccc(CNS(N)(=O)=O)c(F)c2)c1. The number of nitrogens with zero attached hydrogens (tertiary/aromatic N) is 1. The summed E-state index contributed by atoms with van der Waals surface area (Å²) in [4.78, 5) is 16.6. The molecule has 192 valence electrons. The number of benzene rings is 2. The van der Waals surface area contributed by atoms with Gasteiger partial charge in [0, 0.05) is 24.2 Å². The Kier molecular flexibility index (Phi) is 8.12. The first-order valence-corrected chi connectivity index (χ1v) is 12.3. The van der Waals surface area contributed by atoms with Crippen LogP contribution in [0.5, 0.6) is 0 Å². The van der Waals surface area contributed by atoms with E-state index in [2.05, 4.69) is 10.3 Å². The summed E-state index contributed by atoms with van der Waals surface area (Å²) in [5.41, 5.74) is 1.11. The molecule has 7 nitrogen and oxygen atoms in total. The summed E-state index contributed by atoms with van der Waals surface area (Å²) in [5, 5.41) is 7.51. The summed E-state index contributed by atoms with van der Waals surface area (Å²) >= 11 is 0. The van der Waals surface area contributed by atoms with E-state index in [0.29, 0.717) is 16.7 Å². The second kappa shape index (κ2) is 10.7. The number of amides is 1. The molecule has 1 heterocycles. The minimum atomic E-state index is -4.63. The number of carbonyl (C=O) groups excluding carboxylic acids is 1. The predicted octanol–water partition coefficient (Wildman–Crippen LogP) is 3.93. The summed E-state index contributed by atoms with van der Waals surface area (Å²) in [6.45, 7) is 2.89. The fraction of sp³-hybridized carbons (Fsp3) is 0.250. The standard InChI is InChI=1S/C24H24F4N4O3S/c1-14-4-3-5-17(10-14)22-19(8-9-21(32-22)24(26,27)28)12-30-23(33)15(2)16-6-7-18(20(25)11-16)13-31-36(29,34)35/h3-11,15,31H,12-13H2,1-2H3,(H,30,33)(H2,29,34,35)/t15-/m0/s1. The van der Waals surface area contributed by atoms with Crippen molar-refractivity contribution < 1.29 is 30.8 Å². The first kappa shape index (κ1) is 27.2. The van der Waals surface area contributed by atoms with Crippen molar-refractivity contribution >= 4 is 16.1 Å². The molecule has 12 heteroatoms. The van der Waals surface area contributed by atoms with E-state index >= 15 is 0 Å². The Balaban J connectivity index is 1.78. The minimum absolute atomic E-state index is 0.0407. The van der Waals surface area contributed by atoms with E-state index in [0.717, 1.165) is 17.7 Å². The second-order valence-corrected chi connectivity index (χ2v) is 9.61. The second-order valence-electron chi connectivity index (χ2n) is 8.23. The normalized spacial score (nSPS) is 12.9. The highest BCUT2D eigenvalue weighted by atomic mass is 32.2. The number of pyridine rings is 1. The Labute approximate surface area is 205 Å². The van der Waals surface area contributed by atoms with Crippen LogP contribution in [0.4, 0.5) is 17.6 Å². The van der Waals surface area contributed by atoms with E-state index in [4.69, 9.17) is 5.14 Å². The van der Waals surface area contributed by atoms with Gasteiger partial charge in [0.2, 0.25) is 5.91 Å². The molecule has 1 aromatic heterocycles. The molecule has 2 aromatic carbocycles. The molecule has 3 rings (SSSR count). The van der Waals surface area contributed by atoms with Gasteiger partial charge in [0.05, 0.1) is 11.6 Å². The van der Waals surface area contributed by atoms with Crippen LogP contribution in [0.15, 0.2) is 54.6 Å². The summed E-state index contributed by atoms with van der Waals surface area (Å²) in [7, 11) is -4.00. The van der Waals surface area contributed by atoms with Crippen LogP contribution in [0.25, 0.3) is 11.3 Å². The van der Waals surface area contributed by atoms with Crippen LogP contribution in [0.1, 0.15) is 40.8 Å². The van der Waals surface area contributed by atoms with E-state index < -0.39 is 39.7 Å². The van der Waals surface area contributed by atoms with Crippen LogP contribution in [0.2, 0.25) is 0 Å². The van der Waals surface area contributed by atoms with Gasteiger partial charge >= 0.3 is 6.18 Å². The van der Waals surface area contributed by atoms with E-state index in [9.17, 15) is 30.8 Å². The van der Waals surface area contributed by atoms with Gasteiger partial charge in [0.1, 0.15) is 11.5 Å². The monoisotopic (exact) mass is 524 g/mol. The highest BCUT2D eigenvalue weighted by Gasteiger charge is 2.33. The van der Waals surface area contributed by atoms with Crippen LogP contribution in [0, 0.1) is 12.7 Å². The average Bonchev–Trinajstić information content (AvgIpc) is 2.80. The highest BCUT2D eigenvalue weighted by molar-refractivity contribution is 7.87. The minimum Gasteiger partial charge on any atom is -0.351 e. The largest absolute Gasteiger partial charge is 0.433 e. The first-order valence-electron chi connectivity index (χ1n) is 10.7. The van der Waals surface area contributed by atoms with E-state index in [1.165, 1.54) is 18.2 Å². The Morgan fingerprint density at radius 3 is 2.36 bits per heavy atom. The van der Waals surface area contributed by atoms with Crippen molar-refractivity contribution in [2.45, 2.75) is 39.0 Å². The molecular formula is C24H24F4N4O3S. The summed E-state index contributed by atoms with van der Waals surface area (Å²) in [6, 6.07) is 12.9. The third-order valence-electron chi connectivity index (χ3n) is 5.45. The van der Waals surface area contributed by atoms with Gasteiger partial charge in [-0.25, -0.2) is 14.5 Å². The maximum atomic E-state index is 14.4. The fourth-order valence-corrected chi connectivity index (χ4v) is 3.83. The Bertz CT molecular complexity index is 1380. The molecule has 1 amide bonds. The van der Waals surface area contributed by atoms with Crippen LogP contribution >= 0.6 is 0 Å². The number of hydrogen-bond acceptors (Lipinski definition) is 4. The lowest BCUT2D eigenvalue weighted by Gasteiger charge is -2.16. The topological polar surface area (TPSA) is 114 Å². The molecule has 4 N–H and O–H groups in total. The molecule has 0 fully saturated rings. The molecule has 3 aromatic rings. The van der Waals surface area contributed by atoms with Crippen LogP contribution in [0.3, 0.4) is 0 Å². The quantitative estimate of drug-likeness (QED) is 0.388. The van der Waals surface area contributed by atoms with Gasteiger partial charge in [0.15, 0.2) is 0 Å². The lowest BCUT2D eigenvalue weighted by atomic mass is 9.98. The van der Waals surface area contributed by atoms with Crippen molar-refractivity contribution in [1.29, 1.82) is 0 Å². The molecule has 1 atom stereocenters. The third-order valence-corrected chi connectivity index (χ3v) is 5.99. The zero-order chi connectivity index (χ0) is 26.7. The molecular weight excluding hydrogens is 500 g/mol. The van der Waals surface area contributed by atoms with Gasteiger partial charge in [-0.05, 0) is 43.2 Å². The van der Waals surface area contributed by atoms with Gasteiger partial charge in [-0.3, -0.25) is 4.79 Å². The molecule has 36 heavy (non-hydrogen) atoms. The van der Waals surface area contributed by atoms with Crippen LogP contribution in [-0.4, -0.2) is 19.3 Å². The number of carbonyl (C=O) groups is 1. The van der Waals surface area contributed by atoms with E-state index in [1.807, 2.05) is 4.72 Å². The molecule has 0 saturated carbocycles. The summed E-state index contributed by atoms with van der Waals surface area (Å²) in [6.07, 6.45) is -4.63. The number of halogens is 4. The molecule has 0 radical (unpaired) electrons. The van der Waals surface area contributed by atoms with Crippen molar-refractivity contribution in [3.8, 4) is 11.3 Å². The number of rotatable bonds is 8. The van der Waals surface area contributed by atoms with Crippen LogP contribution < -0.4 is 15.2 Å². The highest BCUT2D eigenvalue weighted by Crippen LogP contribution is 2.31. The number of nitrogens with one attached hydrogen (secondary N) is 2. The molecule has 0 spiro atoms. The van der Waals surface area contributed by atoms with Gasteiger partial charge in [0.25, 0.3) is 10.2 Å². The third kappa shape index (κ3) is 7.09. The van der Waals surface area contributed by atoms with E-state index in [1.54, 1.807) is 38.1 Å². The van der Waals surface area contributed by atoms with Crippen molar-refractivity contribution in [1.82, 2.24) is 15.0 Å². The van der Waals surface area contributed by atoms with Crippen molar-refractivity contribution in [2.24, 2.45) is 5.14 Å². The zero-order valence-electron chi connectivity index (χ0n) is 19.4. The maximum Gasteiger partial charge on any atom is 0.433 e. The molecule has 0 aliphatic rings.